The number of thiophene rings is 1. The first-order valence-corrected chi connectivity index (χ1v) is 6.50. The Labute approximate surface area is 114 Å². The normalized spacial score (nSPS) is 9.79. The maximum Gasteiger partial charge on any atom is 0.261 e. The summed E-state index contributed by atoms with van der Waals surface area (Å²) in [5.41, 5.74) is 5.99. The van der Waals surface area contributed by atoms with Crippen molar-refractivity contribution >= 4 is 17.2 Å². The van der Waals surface area contributed by atoms with Crippen LogP contribution in [0.3, 0.4) is 0 Å². The monoisotopic (exact) mass is 275 g/mol. The fraction of sp³-hybridized carbons (Fsp3) is 0.231. The molecule has 0 aliphatic heterocycles. The summed E-state index contributed by atoms with van der Waals surface area (Å²) in [6.45, 7) is 2.46. The Balaban J connectivity index is 1.94. The third kappa shape index (κ3) is 3.68. The molecule has 0 saturated carbocycles. The van der Waals surface area contributed by atoms with E-state index in [0.717, 1.165) is 10.6 Å². The van der Waals surface area contributed by atoms with Gasteiger partial charge in [-0.2, -0.15) is 0 Å². The Hall–Kier alpha value is -2.10. The van der Waals surface area contributed by atoms with Crippen LogP contribution >= 0.6 is 11.3 Å². The van der Waals surface area contributed by atoms with Gasteiger partial charge in [-0.3, -0.25) is 4.79 Å². The molecule has 0 spiro atoms. The summed E-state index contributed by atoms with van der Waals surface area (Å²) in [7, 11) is 0. The van der Waals surface area contributed by atoms with Gasteiger partial charge < -0.3 is 15.6 Å². The van der Waals surface area contributed by atoms with Crippen molar-refractivity contribution in [2.45, 2.75) is 13.5 Å². The van der Waals surface area contributed by atoms with E-state index in [4.69, 9.17) is 10.3 Å². The summed E-state index contributed by atoms with van der Waals surface area (Å²) in [6.07, 6.45) is 0. The molecule has 1 amide bonds. The highest BCUT2D eigenvalue weighted by molar-refractivity contribution is 7.14. The van der Waals surface area contributed by atoms with E-state index in [1.807, 2.05) is 6.07 Å². The smallest absolute Gasteiger partial charge is 0.261 e. The van der Waals surface area contributed by atoms with Gasteiger partial charge in [0.2, 0.25) is 0 Å². The molecule has 0 aromatic carbocycles. The molecule has 0 fully saturated rings. The number of nitrogens with two attached hydrogens (primary N) is 1. The minimum Gasteiger partial charge on any atom is -0.361 e. The van der Waals surface area contributed by atoms with E-state index in [-0.39, 0.29) is 5.91 Å². The van der Waals surface area contributed by atoms with Crippen LogP contribution in [-0.2, 0) is 6.54 Å². The van der Waals surface area contributed by atoms with Gasteiger partial charge >= 0.3 is 0 Å². The number of rotatable bonds is 3. The molecule has 0 aliphatic carbocycles. The number of aryl methyl sites for hydroxylation is 1. The first kappa shape index (κ1) is 13.3. The number of hydrogen-bond donors (Lipinski definition) is 2. The Morgan fingerprint density at radius 3 is 3.11 bits per heavy atom. The fourth-order valence-electron chi connectivity index (χ4n) is 1.42. The van der Waals surface area contributed by atoms with E-state index in [0.29, 0.717) is 23.7 Å². The van der Waals surface area contributed by atoms with Gasteiger partial charge in [-0.25, -0.2) is 0 Å². The highest BCUT2D eigenvalue weighted by Crippen LogP contribution is 2.15. The molecule has 5 nitrogen and oxygen atoms in total. The molecule has 0 saturated heterocycles. The van der Waals surface area contributed by atoms with Crippen molar-refractivity contribution < 1.29 is 9.32 Å². The number of nitrogens with one attached hydrogen (secondary N) is 1. The third-order valence-corrected chi connectivity index (χ3v) is 3.25. The summed E-state index contributed by atoms with van der Waals surface area (Å²) in [6, 6.07) is 5.34. The SMILES string of the molecule is Cc1cc(CNC(=O)c2ccc(C#CCN)s2)no1. The Kier molecular flexibility index (Phi) is 4.34. The van der Waals surface area contributed by atoms with Gasteiger partial charge in [0.15, 0.2) is 0 Å². The standard InChI is InChI=1S/C13H13N3O2S/c1-9-7-10(16-18-9)8-15-13(17)12-5-4-11(19-12)3-2-6-14/h4-5,7H,6,8,14H2,1H3,(H,15,17). The molecule has 6 heteroatoms. The van der Waals surface area contributed by atoms with E-state index in [2.05, 4.69) is 22.3 Å². The lowest BCUT2D eigenvalue weighted by Gasteiger charge is -1.99. The van der Waals surface area contributed by atoms with Gasteiger partial charge in [0.25, 0.3) is 5.91 Å². The van der Waals surface area contributed by atoms with Crippen molar-refractivity contribution in [3.63, 3.8) is 0 Å². The Bertz CT molecular complexity index is 634. The van der Waals surface area contributed by atoms with Gasteiger partial charge in [0.05, 0.1) is 22.8 Å². The lowest BCUT2D eigenvalue weighted by atomic mass is 10.3. The molecule has 0 unspecified atom stereocenters. The van der Waals surface area contributed by atoms with Gasteiger partial charge in [-0.05, 0) is 19.1 Å². The molecular weight excluding hydrogens is 262 g/mol. The second kappa shape index (κ2) is 6.18. The van der Waals surface area contributed by atoms with Crippen LogP contribution in [0.15, 0.2) is 22.7 Å². The fourth-order valence-corrected chi connectivity index (χ4v) is 2.22. The van der Waals surface area contributed by atoms with Crippen molar-refractivity contribution in [3.05, 3.63) is 39.4 Å². The first-order chi connectivity index (χ1) is 9.19. The molecule has 0 bridgehead atoms. The zero-order chi connectivity index (χ0) is 13.7. The van der Waals surface area contributed by atoms with Crippen LogP contribution < -0.4 is 11.1 Å². The average molecular weight is 275 g/mol. The lowest BCUT2D eigenvalue weighted by molar-refractivity contribution is 0.0954. The Morgan fingerprint density at radius 2 is 2.42 bits per heavy atom. The molecule has 2 aromatic heterocycles. The van der Waals surface area contributed by atoms with E-state index >= 15 is 0 Å². The first-order valence-electron chi connectivity index (χ1n) is 5.68. The number of amides is 1. The molecule has 0 aliphatic rings. The quantitative estimate of drug-likeness (QED) is 0.827. The molecular formula is C13H13N3O2S. The minimum atomic E-state index is -0.147. The number of nitrogens with zero attached hydrogens (tertiary/aromatic N) is 1. The van der Waals surface area contributed by atoms with Crippen molar-refractivity contribution in [2.75, 3.05) is 6.54 Å². The topological polar surface area (TPSA) is 81.2 Å². The van der Waals surface area contributed by atoms with Crippen molar-refractivity contribution in [1.29, 1.82) is 0 Å². The minimum absolute atomic E-state index is 0.147. The molecule has 0 radical (unpaired) electrons. The predicted octanol–water partition coefficient (Wildman–Crippen LogP) is 1.28. The zero-order valence-corrected chi connectivity index (χ0v) is 11.2. The van der Waals surface area contributed by atoms with E-state index in [9.17, 15) is 4.79 Å². The van der Waals surface area contributed by atoms with E-state index < -0.39 is 0 Å². The summed E-state index contributed by atoms with van der Waals surface area (Å²) < 4.78 is 4.92. The molecule has 98 valence electrons. The van der Waals surface area contributed by atoms with Crippen LogP contribution in [0, 0.1) is 18.8 Å². The largest absolute Gasteiger partial charge is 0.361 e. The molecule has 2 rings (SSSR count). The summed E-state index contributed by atoms with van der Waals surface area (Å²) in [4.78, 5) is 13.3. The maximum absolute atomic E-state index is 11.9. The summed E-state index contributed by atoms with van der Waals surface area (Å²) in [5, 5.41) is 6.58. The van der Waals surface area contributed by atoms with Crippen LogP contribution in [0.25, 0.3) is 0 Å². The number of carbonyl (C=O) groups excluding carboxylic acids is 1. The maximum atomic E-state index is 11.9. The molecule has 0 atom stereocenters. The van der Waals surface area contributed by atoms with Crippen LogP contribution in [0.4, 0.5) is 0 Å². The van der Waals surface area contributed by atoms with Crippen LogP contribution in [-0.4, -0.2) is 17.6 Å². The third-order valence-electron chi connectivity index (χ3n) is 2.25. The van der Waals surface area contributed by atoms with Crippen molar-refractivity contribution in [1.82, 2.24) is 10.5 Å². The zero-order valence-electron chi connectivity index (χ0n) is 10.4. The molecule has 19 heavy (non-hydrogen) atoms. The van der Waals surface area contributed by atoms with Crippen molar-refractivity contribution in [3.8, 4) is 11.8 Å². The number of hydrogen-bond acceptors (Lipinski definition) is 5. The van der Waals surface area contributed by atoms with Gasteiger partial charge in [-0.15, -0.1) is 11.3 Å². The number of carbonyl (C=O) groups is 1. The highest BCUT2D eigenvalue weighted by Gasteiger charge is 2.09. The lowest BCUT2D eigenvalue weighted by Crippen LogP contribution is -2.21. The molecule has 3 N–H and O–H groups in total. The van der Waals surface area contributed by atoms with Gasteiger partial charge in [0, 0.05) is 6.07 Å². The van der Waals surface area contributed by atoms with Crippen molar-refractivity contribution in [2.24, 2.45) is 5.73 Å². The highest BCUT2D eigenvalue weighted by atomic mass is 32.1. The average Bonchev–Trinajstić information content (AvgIpc) is 3.02. The summed E-state index contributed by atoms with van der Waals surface area (Å²) in [5.74, 6) is 6.22. The second-order valence-corrected chi connectivity index (χ2v) is 4.87. The molecule has 2 heterocycles. The van der Waals surface area contributed by atoms with E-state index in [1.165, 1.54) is 11.3 Å². The predicted molar refractivity (Wildman–Crippen MR) is 72.7 cm³/mol. The number of aromatic nitrogens is 1. The van der Waals surface area contributed by atoms with Crippen LogP contribution in [0.2, 0.25) is 0 Å². The summed E-state index contributed by atoms with van der Waals surface area (Å²) >= 11 is 1.34. The van der Waals surface area contributed by atoms with Gasteiger partial charge in [0.1, 0.15) is 11.5 Å². The van der Waals surface area contributed by atoms with Crippen LogP contribution in [0.5, 0.6) is 0 Å². The van der Waals surface area contributed by atoms with Crippen LogP contribution in [0.1, 0.15) is 26.0 Å². The Morgan fingerprint density at radius 1 is 1.58 bits per heavy atom. The molecule has 2 aromatic rings. The second-order valence-electron chi connectivity index (χ2n) is 3.78. The van der Waals surface area contributed by atoms with E-state index in [1.54, 1.807) is 19.1 Å². The van der Waals surface area contributed by atoms with Gasteiger partial charge in [-0.1, -0.05) is 17.0 Å².